The average molecular weight is 559 g/mol. The third-order valence-electron chi connectivity index (χ3n) is 8.29. The van der Waals surface area contributed by atoms with Crippen LogP contribution in [0.4, 0.5) is 14.6 Å². The molecule has 1 saturated heterocycles. The van der Waals surface area contributed by atoms with Gasteiger partial charge in [-0.15, -0.1) is 0 Å². The Morgan fingerprint density at radius 2 is 1.98 bits per heavy atom. The highest BCUT2D eigenvalue weighted by atomic mass is 19.1. The predicted octanol–water partition coefficient (Wildman–Crippen LogP) is 3.23. The maximum Gasteiger partial charge on any atom is 0.248 e. The van der Waals surface area contributed by atoms with Gasteiger partial charge in [0.1, 0.15) is 17.2 Å². The van der Waals surface area contributed by atoms with E-state index < -0.39 is 23.2 Å². The van der Waals surface area contributed by atoms with Gasteiger partial charge in [0, 0.05) is 45.4 Å². The lowest BCUT2D eigenvalue weighted by Gasteiger charge is -2.31. The molecule has 1 aliphatic carbocycles. The van der Waals surface area contributed by atoms with Crippen molar-refractivity contribution in [2.75, 3.05) is 25.5 Å². The summed E-state index contributed by atoms with van der Waals surface area (Å²) in [6.07, 6.45) is 6.85. The van der Waals surface area contributed by atoms with Gasteiger partial charge >= 0.3 is 0 Å². The molecule has 3 atom stereocenters. The summed E-state index contributed by atoms with van der Waals surface area (Å²) in [4.78, 5) is 46.2. The number of fused-ring (bicyclic) bond motifs is 1. The summed E-state index contributed by atoms with van der Waals surface area (Å²) in [5, 5.41) is 6.24. The first kappa shape index (κ1) is 29.6. The lowest BCUT2D eigenvalue weighted by atomic mass is 9.87. The Morgan fingerprint density at radius 3 is 2.67 bits per heavy atom. The number of amides is 3. The molecule has 1 aromatic heterocycles. The topological polar surface area (TPSA) is 99.6 Å². The largest absolute Gasteiger partial charge is 0.341 e. The molecule has 4 rings (SSSR count). The number of likely N-dealkylation sites (tertiary alicyclic amines) is 1. The molecule has 1 fully saturated rings. The van der Waals surface area contributed by atoms with Crippen LogP contribution in [0.25, 0.3) is 0 Å². The van der Waals surface area contributed by atoms with Crippen molar-refractivity contribution in [1.29, 1.82) is 0 Å². The average Bonchev–Trinajstić information content (AvgIpc) is 3.58. The van der Waals surface area contributed by atoms with Gasteiger partial charge < -0.3 is 25.0 Å². The van der Waals surface area contributed by atoms with Crippen LogP contribution in [0.5, 0.6) is 0 Å². The van der Waals surface area contributed by atoms with Crippen LogP contribution < -0.4 is 10.6 Å². The number of nitrogens with one attached hydrogen (secondary N) is 2. The van der Waals surface area contributed by atoms with Crippen LogP contribution in [0.2, 0.25) is 0 Å². The van der Waals surface area contributed by atoms with E-state index in [0.717, 1.165) is 18.9 Å². The number of anilines is 1. The molecule has 2 N–H and O–H groups in total. The molecule has 0 spiro atoms. The number of benzene rings is 1. The Bertz CT molecular complexity index is 1260. The summed E-state index contributed by atoms with van der Waals surface area (Å²) in [6, 6.07) is 1.66. The molecule has 0 bridgehead atoms. The standard InChI is InChI=1S/C29H40F2N6O3/c1-6-7-25(33-21-9-8-19-12-20(30)13-24(31)23(19)14-21)27(39)34-26-16-37(17-32-26)29(3,4)28(40)36-11-10-22(15-36)35(5)18(2)38/h12-13,16-17,21-22,25,33H,6-11,14-15H2,1-5H3,(H,34,39)/t21?,22-,25?/m0/s1. The number of aromatic nitrogens is 2. The van der Waals surface area contributed by atoms with E-state index in [-0.39, 0.29) is 29.8 Å². The van der Waals surface area contributed by atoms with Crippen LogP contribution in [-0.4, -0.2) is 75.3 Å². The molecular formula is C29H40F2N6O3. The second kappa shape index (κ2) is 12.0. The molecular weight excluding hydrogens is 518 g/mol. The minimum Gasteiger partial charge on any atom is -0.341 e. The number of nitrogens with zero attached hydrogens (tertiary/aromatic N) is 4. The zero-order valence-electron chi connectivity index (χ0n) is 24.0. The summed E-state index contributed by atoms with van der Waals surface area (Å²) < 4.78 is 29.7. The van der Waals surface area contributed by atoms with E-state index in [2.05, 4.69) is 15.6 Å². The number of likely N-dealkylation sites (N-methyl/N-ethyl adjacent to an activating group) is 1. The van der Waals surface area contributed by atoms with Crippen molar-refractivity contribution in [3.8, 4) is 0 Å². The van der Waals surface area contributed by atoms with E-state index in [4.69, 9.17) is 0 Å². The van der Waals surface area contributed by atoms with Gasteiger partial charge in [-0.2, -0.15) is 0 Å². The summed E-state index contributed by atoms with van der Waals surface area (Å²) in [5.74, 6) is -1.15. The summed E-state index contributed by atoms with van der Waals surface area (Å²) in [5.41, 5.74) is 0.244. The Balaban J connectivity index is 1.38. The van der Waals surface area contributed by atoms with Crippen LogP contribution in [0.15, 0.2) is 24.7 Å². The monoisotopic (exact) mass is 558 g/mol. The first-order chi connectivity index (χ1) is 18.9. The van der Waals surface area contributed by atoms with Crippen LogP contribution in [0.3, 0.4) is 0 Å². The third-order valence-corrected chi connectivity index (χ3v) is 8.29. The maximum absolute atomic E-state index is 14.4. The zero-order valence-corrected chi connectivity index (χ0v) is 24.0. The normalized spacial score (nSPS) is 19.7. The fourth-order valence-corrected chi connectivity index (χ4v) is 5.70. The van der Waals surface area contributed by atoms with E-state index in [1.807, 2.05) is 6.92 Å². The molecule has 2 heterocycles. The molecule has 0 saturated carbocycles. The number of carbonyl (C=O) groups is 3. The fourth-order valence-electron chi connectivity index (χ4n) is 5.70. The van der Waals surface area contributed by atoms with Crippen LogP contribution >= 0.6 is 0 Å². The number of rotatable bonds is 9. The molecule has 3 amide bonds. The van der Waals surface area contributed by atoms with Gasteiger partial charge in [0.2, 0.25) is 17.7 Å². The number of hydrogen-bond acceptors (Lipinski definition) is 5. The molecule has 11 heteroatoms. The van der Waals surface area contributed by atoms with E-state index >= 15 is 0 Å². The lowest BCUT2D eigenvalue weighted by molar-refractivity contribution is -0.139. The molecule has 218 valence electrons. The third kappa shape index (κ3) is 6.35. The van der Waals surface area contributed by atoms with Crippen LogP contribution in [-0.2, 0) is 32.8 Å². The highest BCUT2D eigenvalue weighted by molar-refractivity contribution is 5.94. The van der Waals surface area contributed by atoms with Gasteiger partial charge in [-0.25, -0.2) is 13.8 Å². The van der Waals surface area contributed by atoms with Crippen molar-refractivity contribution in [3.63, 3.8) is 0 Å². The Hall–Kier alpha value is -3.34. The van der Waals surface area contributed by atoms with Crippen molar-refractivity contribution in [2.45, 2.75) is 89.9 Å². The second-order valence-corrected chi connectivity index (χ2v) is 11.5. The fraction of sp³-hybridized carbons (Fsp3) is 0.586. The number of hydrogen-bond donors (Lipinski definition) is 2. The second-order valence-electron chi connectivity index (χ2n) is 11.5. The Kier molecular flexibility index (Phi) is 8.92. The summed E-state index contributed by atoms with van der Waals surface area (Å²) in [7, 11) is 1.75. The SMILES string of the molecule is CCCC(NC1CCc2cc(F)cc(F)c2C1)C(=O)Nc1cn(C(C)(C)C(=O)N2CC[C@H](N(C)C(C)=O)C2)cn1. The predicted molar refractivity (Wildman–Crippen MR) is 148 cm³/mol. The molecule has 0 radical (unpaired) electrons. The molecule has 1 aromatic carbocycles. The summed E-state index contributed by atoms with van der Waals surface area (Å²) in [6.45, 7) is 8.16. The number of carbonyl (C=O) groups excluding carboxylic acids is 3. The highest BCUT2D eigenvalue weighted by Crippen LogP contribution is 2.27. The van der Waals surface area contributed by atoms with Gasteiger partial charge in [-0.1, -0.05) is 13.3 Å². The maximum atomic E-state index is 14.4. The Morgan fingerprint density at radius 1 is 1.23 bits per heavy atom. The lowest BCUT2D eigenvalue weighted by Crippen LogP contribution is -2.48. The number of halogens is 2. The molecule has 9 nitrogen and oxygen atoms in total. The van der Waals surface area contributed by atoms with Crippen molar-refractivity contribution in [3.05, 3.63) is 47.4 Å². The van der Waals surface area contributed by atoms with Gasteiger partial charge in [0.15, 0.2) is 5.82 Å². The minimum atomic E-state index is -0.945. The van der Waals surface area contributed by atoms with Crippen LogP contribution in [0, 0.1) is 11.6 Å². The van der Waals surface area contributed by atoms with E-state index in [0.29, 0.717) is 55.7 Å². The van der Waals surface area contributed by atoms with E-state index in [1.165, 1.54) is 19.3 Å². The van der Waals surface area contributed by atoms with Crippen molar-refractivity contribution >= 4 is 23.5 Å². The first-order valence-corrected chi connectivity index (χ1v) is 14.0. The first-order valence-electron chi connectivity index (χ1n) is 14.0. The van der Waals surface area contributed by atoms with E-state index in [9.17, 15) is 23.2 Å². The van der Waals surface area contributed by atoms with E-state index in [1.54, 1.807) is 41.5 Å². The molecule has 2 unspecified atom stereocenters. The van der Waals surface area contributed by atoms with Gasteiger partial charge in [-0.3, -0.25) is 14.4 Å². The smallest absolute Gasteiger partial charge is 0.248 e. The van der Waals surface area contributed by atoms with Gasteiger partial charge in [0.25, 0.3) is 0 Å². The molecule has 1 aliphatic heterocycles. The van der Waals surface area contributed by atoms with Gasteiger partial charge in [0.05, 0.1) is 18.4 Å². The molecule has 2 aliphatic rings. The summed E-state index contributed by atoms with van der Waals surface area (Å²) >= 11 is 0. The van der Waals surface area contributed by atoms with Crippen molar-refractivity contribution in [2.24, 2.45) is 0 Å². The molecule has 2 aromatic rings. The van der Waals surface area contributed by atoms with Crippen molar-refractivity contribution < 1.29 is 23.2 Å². The minimum absolute atomic E-state index is 0.00631. The van der Waals surface area contributed by atoms with Crippen molar-refractivity contribution in [1.82, 2.24) is 24.7 Å². The quantitative estimate of drug-likeness (QED) is 0.493. The molecule has 40 heavy (non-hydrogen) atoms. The Labute approximate surface area is 234 Å². The van der Waals surface area contributed by atoms with Crippen LogP contribution in [0.1, 0.15) is 64.5 Å². The highest BCUT2D eigenvalue weighted by Gasteiger charge is 2.39. The number of imidazole rings is 1. The zero-order chi connectivity index (χ0) is 29.2. The van der Waals surface area contributed by atoms with Gasteiger partial charge in [-0.05, 0) is 63.1 Å². The number of aryl methyl sites for hydroxylation is 1.